The fourth-order valence-corrected chi connectivity index (χ4v) is 1.44. The van der Waals surface area contributed by atoms with Gasteiger partial charge in [-0.2, -0.15) is 0 Å². The Labute approximate surface area is 117 Å². The van der Waals surface area contributed by atoms with Crippen LogP contribution >= 0.6 is 0 Å². The van der Waals surface area contributed by atoms with Crippen LogP contribution in [0, 0.1) is 12.8 Å². The number of aryl methyl sites for hydroxylation is 1. The van der Waals surface area contributed by atoms with E-state index in [4.69, 9.17) is 14.6 Å². The number of carboxylic acid groups (broad SMARTS) is 1. The molecule has 0 spiro atoms. The Hall–Kier alpha value is -2.08. The molecule has 0 radical (unpaired) electrons. The predicted octanol–water partition coefficient (Wildman–Crippen LogP) is 1.68. The van der Waals surface area contributed by atoms with E-state index in [0.717, 1.165) is 5.56 Å². The fourth-order valence-electron chi connectivity index (χ4n) is 1.44. The average Bonchev–Trinajstić information content (AvgIpc) is 2.40. The summed E-state index contributed by atoms with van der Waals surface area (Å²) in [6.07, 6.45) is 0. The maximum atomic E-state index is 11.7. The van der Waals surface area contributed by atoms with Crippen molar-refractivity contribution in [2.24, 2.45) is 5.92 Å². The molecular weight excluding hydrogens is 262 g/mol. The number of nitrogens with one attached hydrogen (secondary N) is 1. The van der Waals surface area contributed by atoms with E-state index in [-0.39, 0.29) is 0 Å². The lowest BCUT2D eigenvalue weighted by molar-refractivity contribution is -0.144. The Morgan fingerprint density at radius 2 is 2.05 bits per heavy atom. The Bertz CT molecular complexity index is 486. The van der Waals surface area contributed by atoms with Crippen molar-refractivity contribution < 1.29 is 24.2 Å². The lowest BCUT2D eigenvalue weighted by Crippen LogP contribution is -2.27. The number of methoxy groups -OCH3 is 1. The fraction of sp³-hybridized carbons (Fsp3) is 0.429. The van der Waals surface area contributed by atoms with E-state index < -0.39 is 17.8 Å². The highest BCUT2D eigenvalue weighted by Crippen LogP contribution is 2.26. The van der Waals surface area contributed by atoms with Crippen LogP contribution in [-0.4, -0.2) is 37.3 Å². The first-order chi connectivity index (χ1) is 9.45. The van der Waals surface area contributed by atoms with Gasteiger partial charge in [0.1, 0.15) is 18.3 Å². The molecule has 6 heteroatoms. The highest BCUT2D eigenvalue weighted by atomic mass is 16.5. The Morgan fingerprint density at radius 1 is 1.35 bits per heavy atom. The number of hydrogen-bond donors (Lipinski definition) is 2. The molecule has 20 heavy (non-hydrogen) atoms. The SMILES string of the molecule is COCCOc1cc(C)ccc1NC(=O)C(C)C(=O)O. The van der Waals surface area contributed by atoms with Gasteiger partial charge in [0.25, 0.3) is 0 Å². The quantitative estimate of drug-likeness (QED) is 0.586. The van der Waals surface area contributed by atoms with Gasteiger partial charge in [0.2, 0.25) is 5.91 Å². The van der Waals surface area contributed by atoms with Crippen molar-refractivity contribution >= 4 is 17.6 Å². The number of benzene rings is 1. The Balaban J connectivity index is 2.82. The van der Waals surface area contributed by atoms with Crippen molar-refractivity contribution in [1.82, 2.24) is 0 Å². The predicted molar refractivity (Wildman–Crippen MR) is 74.0 cm³/mol. The second-order valence-electron chi connectivity index (χ2n) is 4.39. The van der Waals surface area contributed by atoms with Gasteiger partial charge in [-0.15, -0.1) is 0 Å². The maximum Gasteiger partial charge on any atom is 0.315 e. The van der Waals surface area contributed by atoms with Crippen LogP contribution in [0.15, 0.2) is 18.2 Å². The van der Waals surface area contributed by atoms with Gasteiger partial charge in [-0.05, 0) is 31.5 Å². The summed E-state index contributed by atoms with van der Waals surface area (Å²) in [7, 11) is 1.57. The number of ether oxygens (including phenoxy) is 2. The molecule has 1 atom stereocenters. The number of hydrogen-bond acceptors (Lipinski definition) is 4. The molecule has 0 aliphatic carbocycles. The first kappa shape index (κ1) is 16.0. The van der Waals surface area contributed by atoms with Crippen LogP contribution in [0.5, 0.6) is 5.75 Å². The van der Waals surface area contributed by atoms with E-state index in [1.54, 1.807) is 19.2 Å². The van der Waals surface area contributed by atoms with Crippen molar-refractivity contribution in [2.45, 2.75) is 13.8 Å². The zero-order valence-corrected chi connectivity index (χ0v) is 11.8. The second kappa shape index (κ2) is 7.49. The third-order valence-corrected chi connectivity index (χ3v) is 2.70. The molecule has 1 aromatic rings. The standard InChI is InChI=1S/C14H19NO5/c1-9-4-5-11(12(8-9)20-7-6-19-3)15-13(16)10(2)14(17)18/h4-5,8,10H,6-7H2,1-3H3,(H,15,16)(H,17,18). The van der Waals surface area contributed by atoms with Gasteiger partial charge in [0, 0.05) is 7.11 Å². The zero-order valence-electron chi connectivity index (χ0n) is 11.8. The molecule has 0 aliphatic rings. The number of anilines is 1. The smallest absolute Gasteiger partial charge is 0.315 e. The minimum Gasteiger partial charge on any atom is -0.489 e. The molecule has 1 aromatic carbocycles. The van der Waals surface area contributed by atoms with Crippen molar-refractivity contribution in [2.75, 3.05) is 25.6 Å². The summed E-state index contributed by atoms with van der Waals surface area (Å²) in [6, 6.07) is 5.27. The maximum absolute atomic E-state index is 11.7. The molecule has 0 aromatic heterocycles. The van der Waals surface area contributed by atoms with Crippen LogP contribution in [0.25, 0.3) is 0 Å². The topological polar surface area (TPSA) is 84.9 Å². The minimum absolute atomic E-state index is 0.345. The summed E-state index contributed by atoms with van der Waals surface area (Å²) in [5.74, 6) is -2.38. The summed E-state index contributed by atoms with van der Waals surface area (Å²) in [4.78, 5) is 22.5. The monoisotopic (exact) mass is 281 g/mol. The molecule has 1 unspecified atom stereocenters. The third kappa shape index (κ3) is 4.55. The average molecular weight is 281 g/mol. The molecular formula is C14H19NO5. The Morgan fingerprint density at radius 3 is 2.65 bits per heavy atom. The van der Waals surface area contributed by atoms with Crippen LogP contribution in [-0.2, 0) is 14.3 Å². The molecule has 0 saturated carbocycles. The molecule has 110 valence electrons. The number of aliphatic carboxylic acids is 1. The van der Waals surface area contributed by atoms with Crippen LogP contribution < -0.4 is 10.1 Å². The molecule has 0 fully saturated rings. The van der Waals surface area contributed by atoms with E-state index in [0.29, 0.717) is 24.7 Å². The van der Waals surface area contributed by atoms with Gasteiger partial charge >= 0.3 is 5.97 Å². The van der Waals surface area contributed by atoms with Crippen molar-refractivity contribution in [3.63, 3.8) is 0 Å². The number of carbonyl (C=O) groups excluding carboxylic acids is 1. The molecule has 1 amide bonds. The minimum atomic E-state index is -1.17. The lowest BCUT2D eigenvalue weighted by atomic mass is 10.1. The van der Waals surface area contributed by atoms with Crippen LogP contribution in [0.4, 0.5) is 5.69 Å². The van der Waals surface area contributed by atoms with Gasteiger partial charge in [-0.1, -0.05) is 6.07 Å². The molecule has 0 saturated heterocycles. The van der Waals surface area contributed by atoms with Crippen LogP contribution in [0.2, 0.25) is 0 Å². The largest absolute Gasteiger partial charge is 0.489 e. The molecule has 0 aliphatic heterocycles. The van der Waals surface area contributed by atoms with Crippen molar-refractivity contribution in [3.8, 4) is 5.75 Å². The number of rotatable bonds is 7. The van der Waals surface area contributed by atoms with Crippen LogP contribution in [0.3, 0.4) is 0 Å². The highest BCUT2D eigenvalue weighted by molar-refractivity contribution is 6.04. The Kier molecular flexibility index (Phi) is 5.99. The van der Waals surface area contributed by atoms with E-state index in [9.17, 15) is 9.59 Å². The van der Waals surface area contributed by atoms with E-state index in [1.807, 2.05) is 13.0 Å². The normalized spacial score (nSPS) is 11.8. The van der Waals surface area contributed by atoms with E-state index in [2.05, 4.69) is 5.32 Å². The highest BCUT2D eigenvalue weighted by Gasteiger charge is 2.21. The zero-order chi connectivity index (χ0) is 15.1. The van der Waals surface area contributed by atoms with Gasteiger partial charge in [0.05, 0.1) is 12.3 Å². The first-order valence-corrected chi connectivity index (χ1v) is 6.21. The molecule has 2 N–H and O–H groups in total. The molecule has 0 bridgehead atoms. The lowest BCUT2D eigenvalue weighted by Gasteiger charge is -2.14. The van der Waals surface area contributed by atoms with Crippen molar-refractivity contribution in [1.29, 1.82) is 0 Å². The van der Waals surface area contributed by atoms with Crippen molar-refractivity contribution in [3.05, 3.63) is 23.8 Å². The summed E-state index contributed by atoms with van der Waals surface area (Å²) >= 11 is 0. The number of amides is 1. The third-order valence-electron chi connectivity index (χ3n) is 2.70. The van der Waals surface area contributed by atoms with Crippen LogP contribution in [0.1, 0.15) is 12.5 Å². The van der Waals surface area contributed by atoms with Gasteiger partial charge in [0.15, 0.2) is 0 Å². The molecule has 1 rings (SSSR count). The summed E-state index contributed by atoms with van der Waals surface area (Å²) < 4.78 is 10.4. The first-order valence-electron chi connectivity index (χ1n) is 6.21. The van der Waals surface area contributed by atoms with Gasteiger partial charge < -0.3 is 19.9 Å². The van der Waals surface area contributed by atoms with E-state index >= 15 is 0 Å². The van der Waals surface area contributed by atoms with Gasteiger partial charge in [-0.25, -0.2) is 0 Å². The molecule has 6 nitrogen and oxygen atoms in total. The molecule has 0 heterocycles. The van der Waals surface area contributed by atoms with Gasteiger partial charge in [-0.3, -0.25) is 9.59 Å². The summed E-state index contributed by atoms with van der Waals surface area (Å²) in [5.41, 5.74) is 1.42. The second-order valence-corrected chi connectivity index (χ2v) is 4.39. The summed E-state index contributed by atoms with van der Waals surface area (Å²) in [6.45, 7) is 4.00. The summed E-state index contributed by atoms with van der Waals surface area (Å²) in [5, 5.41) is 11.4. The number of carbonyl (C=O) groups is 2. The van der Waals surface area contributed by atoms with E-state index in [1.165, 1.54) is 6.92 Å². The number of carboxylic acids is 1.